The van der Waals surface area contributed by atoms with E-state index in [2.05, 4.69) is 4.98 Å². The van der Waals surface area contributed by atoms with E-state index < -0.39 is 11.2 Å². The van der Waals surface area contributed by atoms with Gasteiger partial charge >= 0.3 is 5.69 Å². The number of aromatic nitrogens is 2. The highest BCUT2D eigenvalue weighted by atomic mass is 19.1. The van der Waals surface area contributed by atoms with Gasteiger partial charge in [-0.3, -0.25) is 19.1 Å². The standard InChI is InChI=1S/C24H25FN4O4/c1-33-12-11-28(23(31)19-13-18(19)16-7-9-17(25)10-8-16)20-21(26)29(24(32)27-22(20)30)14-15-5-3-2-4-6-15/h2-10,18-19H,11-14,26H2,1H3,(H,27,30,32). The van der Waals surface area contributed by atoms with Crippen molar-refractivity contribution in [2.45, 2.75) is 18.9 Å². The molecule has 2 aromatic carbocycles. The number of ether oxygens (including phenoxy) is 1. The van der Waals surface area contributed by atoms with Crippen LogP contribution in [0.25, 0.3) is 0 Å². The molecule has 3 aromatic rings. The molecule has 2 unspecified atom stereocenters. The second kappa shape index (κ2) is 9.41. The molecule has 2 atom stereocenters. The number of methoxy groups -OCH3 is 1. The Hall–Kier alpha value is -3.72. The molecule has 1 aliphatic rings. The molecular formula is C24H25FN4O4. The van der Waals surface area contributed by atoms with Crippen LogP contribution in [0.15, 0.2) is 64.2 Å². The lowest BCUT2D eigenvalue weighted by Crippen LogP contribution is -2.43. The number of nitrogens with zero attached hydrogens (tertiary/aromatic N) is 2. The van der Waals surface area contributed by atoms with Crippen LogP contribution in [-0.4, -0.2) is 35.7 Å². The number of hydrogen-bond donors (Lipinski definition) is 2. The molecule has 33 heavy (non-hydrogen) atoms. The Morgan fingerprint density at radius 3 is 2.55 bits per heavy atom. The molecule has 1 fully saturated rings. The monoisotopic (exact) mass is 452 g/mol. The summed E-state index contributed by atoms with van der Waals surface area (Å²) in [4.78, 5) is 42.3. The molecule has 1 aromatic heterocycles. The Morgan fingerprint density at radius 1 is 1.18 bits per heavy atom. The number of amides is 1. The van der Waals surface area contributed by atoms with Gasteiger partial charge in [0.15, 0.2) is 5.69 Å². The SMILES string of the molecule is COCCN(C(=O)C1CC1c1ccc(F)cc1)c1c(N)n(Cc2ccccc2)c(=O)[nH]c1=O. The van der Waals surface area contributed by atoms with E-state index in [9.17, 15) is 18.8 Å². The molecule has 4 rings (SSSR count). The Bertz CT molecular complexity index is 1250. The molecule has 1 amide bonds. The molecule has 0 spiro atoms. The fraction of sp³-hybridized carbons (Fsp3) is 0.292. The van der Waals surface area contributed by atoms with E-state index in [1.54, 1.807) is 12.1 Å². The number of hydrogen-bond acceptors (Lipinski definition) is 5. The molecule has 1 aliphatic carbocycles. The van der Waals surface area contributed by atoms with E-state index in [-0.39, 0.29) is 54.8 Å². The van der Waals surface area contributed by atoms with Gasteiger partial charge in [0.2, 0.25) is 5.91 Å². The Morgan fingerprint density at radius 2 is 1.88 bits per heavy atom. The third kappa shape index (κ3) is 4.73. The normalized spacial score (nSPS) is 17.0. The van der Waals surface area contributed by atoms with Crippen molar-refractivity contribution in [1.82, 2.24) is 9.55 Å². The van der Waals surface area contributed by atoms with Crippen LogP contribution in [-0.2, 0) is 16.1 Å². The van der Waals surface area contributed by atoms with Crippen LogP contribution in [0, 0.1) is 11.7 Å². The predicted octanol–water partition coefficient (Wildman–Crippen LogP) is 2.09. The minimum absolute atomic E-state index is 0.0707. The Balaban J connectivity index is 1.67. The molecular weight excluding hydrogens is 427 g/mol. The van der Waals surface area contributed by atoms with Gasteiger partial charge in [-0.1, -0.05) is 42.5 Å². The Labute approximate surface area is 189 Å². The second-order valence-corrected chi connectivity index (χ2v) is 8.05. The maximum absolute atomic E-state index is 13.4. The van der Waals surface area contributed by atoms with E-state index in [1.807, 2.05) is 30.3 Å². The number of carbonyl (C=O) groups excluding carboxylic acids is 1. The van der Waals surface area contributed by atoms with Crippen molar-refractivity contribution in [1.29, 1.82) is 0 Å². The van der Waals surface area contributed by atoms with E-state index in [0.717, 1.165) is 11.1 Å². The largest absolute Gasteiger partial charge is 0.383 e. The fourth-order valence-corrected chi connectivity index (χ4v) is 4.02. The average molecular weight is 452 g/mol. The highest BCUT2D eigenvalue weighted by molar-refractivity contribution is 5.99. The molecule has 8 nitrogen and oxygen atoms in total. The number of nitrogens with two attached hydrogens (primary N) is 1. The van der Waals surface area contributed by atoms with Crippen LogP contribution in [0.4, 0.5) is 15.9 Å². The predicted molar refractivity (Wildman–Crippen MR) is 123 cm³/mol. The summed E-state index contributed by atoms with van der Waals surface area (Å²) in [5, 5.41) is 0. The summed E-state index contributed by atoms with van der Waals surface area (Å²) in [5.74, 6) is -1.16. The zero-order chi connectivity index (χ0) is 23.5. The van der Waals surface area contributed by atoms with Gasteiger partial charge < -0.3 is 15.4 Å². The summed E-state index contributed by atoms with van der Waals surface area (Å²) in [5.41, 5.74) is 6.51. The lowest BCUT2D eigenvalue weighted by molar-refractivity contribution is -0.120. The van der Waals surface area contributed by atoms with E-state index in [4.69, 9.17) is 10.5 Å². The van der Waals surface area contributed by atoms with Crippen molar-refractivity contribution in [3.8, 4) is 0 Å². The number of H-pyrrole nitrogens is 1. The molecule has 1 saturated carbocycles. The number of carbonyl (C=O) groups is 1. The fourth-order valence-electron chi connectivity index (χ4n) is 4.02. The van der Waals surface area contributed by atoms with Crippen molar-refractivity contribution in [2.24, 2.45) is 5.92 Å². The van der Waals surface area contributed by atoms with Crippen molar-refractivity contribution in [3.63, 3.8) is 0 Å². The van der Waals surface area contributed by atoms with E-state index >= 15 is 0 Å². The summed E-state index contributed by atoms with van der Waals surface area (Å²) in [6, 6.07) is 15.2. The minimum atomic E-state index is -0.731. The summed E-state index contributed by atoms with van der Waals surface area (Å²) < 4.78 is 19.6. The van der Waals surface area contributed by atoms with Crippen LogP contribution in [0.3, 0.4) is 0 Å². The van der Waals surface area contributed by atoms with Gasteiger partial charge in [-0.25, -0.2) is 9.18 Å². The number of halogens is 1. The van der Waals surface area contributed by atoms with Gasteiger partial charge in [0, 0.05) is 19.6 Å². The molecule has 172 valence electrons. The van der Waals surface area contributed by atoms with Gasteiger partial charge in [0.1, 0.15) is 11.6 Å². The minimum Gasteiger partial charge on any atom is -0.383 e. The Kier molecular flexibility index (Phi) is 6.41. The third-order valence-electron chi connectivity index (χ3n) is 5.86. The van der Waals surface area contributed by atoms with Gasteiger partial charge in [0.05, 0.1) is 13.2 Å². The number of aromatic amines is 1. The highest BCUT2D eigenvalue weighted by Gasteiger charge is 2.46. The zero-order valence-corrected chi connectivity index (χ0v) is 18.2. The quantitative estimate of drug-likeness (QED) is 0.544. The second-order valence-electron chi connectivity index (χ2n) is 8.05. The number of anilines is 2. The summed E-state index contributed by atoms with van der Waals surface area (Å²) >= 11 is 0. The van der Waals surface area contributed by atoms with Crippen LogP contribution in [0.2, 0.25) is 0 Å². The van der Waals surface area contributed by atoms with Gasteiger partial charge in [-0.2, -0.15) is 0 Å². The van der Waals surface area contributed by atoms with Gasteiger partial charge in [-0.05, 0) is 35.6 Å². The van der Waals surface area contributed by atoms with Crippen molar-refractivity contribution >= 4 is 17.4 Å². The maximum Gasteiger partial charge on any atom is 0.330 e. The molecule has 0 saturated heterocycles. The zero-order valence-electron chi connectivity index (χ0n) is 18.2. The van der Waals surface area contributed by atoms with Gasteiger partial charge in [-0.15, -0.1) is 0 Å². The van der Waals surface area contributed by atoms with Crippen LogP contribution in [0.1, 0.15) is 23.5 Å². The summed E-state index contributed by atoms with van der Waals surface area (Å²) in [6.45, 7) is 0.415. The number of nitrogen functional groups attached to an aromatic ring is 1. The topological polar surface area (TPSA) is 110 Å². The van der Waals surface area contributed by atoms with Crippen molar-refractivity contribution < 1.29 is 13.9 Å². The molecule has 0 aliphatic heterocycles. The summed E-state index contributed by atoms with van der Waals surface area (Å²) in [6.07, 6.45) is 0.579. The first-order chi connectivity index (χ1) is 15.9. The van der Waals surface area contributed by atoms with Crippen molar-refractivity contribution in [2.75, 3.05) is 30.9 Å². The first-order valence-corrected chi connectivity index (χ1v) is 10.6. The first kappa shape index (κ1) is 22.5. The number of benzene rings is 2. The molecule has 3 N–H and O–H groups in total. The van der Waals surface area contributed by atoms with E-state index in [0.29, 0.717) is 6.42 Å². The third-order valence-corrected chi connectivity index (χ3v) is 5.86. The smallest absolute Gasteiger partial charge is 0.330 e. The molecule has 0 bridgehead atoms. The lowest BCUT2D eigenvalue weighted by Gasteiger charge is -2.24. The first-order valence-electron chi connectivity index (χ1n) is 10.6. The van der Waals surface area contributed by atoms with Crippen LogP contribution in [0.5, 0.6) is 0 Å². The van der Waals surface area contributed by atoms with Gasteiger partial charge in [0.25, 0.3) is 5.56 Å². The summed E-state index contributed by atoms with van der Waals surface area (Å²) in [7, 11) is 1.49. The van der Waals surface area contributed by atoms with Crippen molar-refractivity contribution in [3.05, 3.63) is 92.4 Å². The lowest BCUT2D eigenvalue weighted by atomic mass is 10.1. The van der Waals surface area contributed by atoms with Crippen LogP contribution < -0.4 is 21.9 Å². The number of rotatable bonds is 8. The van der Waals surface area contributed by atoms with E-state index in [1.165, 1.54) is 28.7 Å². The average Bonchev–Trinajstić information content (AvgIpc) is 3.60. The molecule has 0 radical (unpaired) electrons. The maximum atomic E-state index is 13.4. The number of nitrogens with one attached hydrogen (secondary N) is 1. The molecule has 9 heteroatoms. The molecule has 1 heterocycles. The van der Waals surface area contributed by atoms with Crippen LogP contribution >= 0.6 is 0 Å². The highest BCUT2D eigenvalue weighted by Crippen LogP contribution is 2.48.